The summed E-state index contributed by atoms with van der Waals surface area (Å²) >= 11 is 0. The maximum Gasteiger partial charge on any atom is 0.573 e. The Morgan fingerprint density at radius 2 is 1.13 bits per heavy atom. The van der Waals surface area contributed by atoms with Crippen molar-refractivity contribution in [2.45, 2.75) is 59.4 Å². The fraction of sp³-hybridized carbons (Fsp3) is 0.273. The zero-order valence-electron chi connectivity index (χ0n) is 27.6. The second kappa shape index (κ2) is 14.6. The van der Waals surface area contributed by atoms with Gasteiger partial charge in [-0.3, -0.25) is 0 Å². The number of fused-ring (bicyclic) bond motifs is 2. The lowest BCUT2D eigenvalue weighted by molar-refractivity contribution is -0.275. The van der Waals surface area contributed by atoms with E-state index in [0.29, 0.717) is 28.6 Å². The Morgan fingerprint density at radius 3 is 1.65 bits per heavy atom. The summed E-state index contributed by atoms with van der Waals surface area (Å²) in [5, 5.41) is 7.41. The van der Waals surface area contributed by atoms with E-state index in [1.54, 1.807) is 13.0 Å². The van der Waals surface area contributed by atoms with Gasteiger partial charge in [-0.05, 0) is 73.5 Å². The first-order valence-electron chi connectivity index (χ1n) is 15.0. The minimum atomic E-state index is -4.83. The molecule has 8 nitrogen and oxygen atoms in total. The minimum Gasteiger partial charge on any atom is -0.406 e. The highest BCUT2D eigenvalue weighted by atomic mass is 19.4. The molecule has 0 amide bonds. The molecule has 0 radical (unpaired) electrons. The molecular formula is C33H27F11N6O2. The van der Waals surface area contributed by atoms with E-state index in [1.807, 2.05) is 13.8 Å². The molecule has 0 atom stereocenters. The second-order valence-corrected chi connectivity index (χ2v) is 10.7. The molecule has 0 aliphatic heterocycles. The molecule has 0 N–H and O–H groups in total. The molecule has 0 saturated carbocycles. The number of rotatable bonds is 5. The van der Waals surface area contributed by atoms with E-state index < -0.39 is 41.8 Å². The van der Waals surface area contributed by atoms with Crippen LogP contribution in [0.25, 0.3) is 33.8 Å². The monoisotopic (exact) mass is 748 g/mol. The first-order chi connectivity index (χ1) is 24.1. The Morgan fingerprint density at radius 1 is 0.596 bits per heavy atom. The van der Waals surface area contributed by atoms with Crippen LogP contribution in [0.4, 0.5) is 48.3 Å². The average Bonchev–Trinajstić information content (AvgIpc) is 3.66. The van der Waals surface area contributed by atoms with Crippen molar-refractivity contribution >= 4 is 11.3 Å². The lowest BCUT2D eigenvalue weighted by atomic mass is 10.1. The second-order valence-electron chi connectivity index (χ2n) is 10.7. The van der Waals surface area contributed by atoms with Crippen LogP contribution in [0, 0.1) is 13.8 Å². The van der Waals surface area contributed by atoms with Crippen LogP contribution >= 0.6 is 0 Å². The van der Waals surface area contributed by atoms with Crippen molar-refractivity contribution in [3.05, 3.63) is 95.6 Å². The Labute approximate surface area is 287 Å². The quantitative estimate of drug-likeness (QED) is 0.163. The fourth-order valence-electron chi connectivity index (χ4n) is 4.73. The molecule has 0 unspecified atom stereocenters. The van der Waals surface area contributed by atoms with Crippen molar-refractivity contribution in [1.82, 2.24) is 29.2 Å². The van der Waals surface area contributed by atoms with Gasteiger partial charge in [0, 0.05) is 30.4 Å². The van der Waals surface area contributed by atoms with Gasteiger partial charge in [0.2, 0.25) is 0 Å². The summed E-state index contributed by atoms with van der Waals surface area (Å²) in [5.74, 6) is -3.87. The number of nitrogens with zero attached hydrogens (tertiary/aromatic N) is 6. The number of hydrogen-bond acceptors (Lipinski definition) is 6. The van der Waals surface area contributed by atoms with Crippen molar-refractivity contribution in [3.8, 4) is 34.0 Å². The number of ether oxygens (including phenoxy) is 2. The van der Waals surface area contributed by atoms with Gasteiger partial charge in [-0.1, -0.05) is 13.8 Å². The van der Waals surface area contributed by atoms with Crippen LogP contribution in [0.15, 0.2) is 73.3 Å². The number of hydrogen-bond donors (Lipinski definition) is 0. The summed E-state index contributed by atoms with van der Waals surface area (Å²) in [7, 11) is 0. The lowest BCUT2D eigenvalue weighted by Gasteiger charge is -2.12. The van der Waals surface area contributed by atoms with E-state index in [4.69, 9.17) is 0 Å². The highest BCUT2D eigenvalue weighted by Crippen LogP contribution is 2.35. The molecule has 19 heteroatoms. The molecule has 0 fully saturated rings. The zero-order chi connectivity index (χ0) is 38.8. The maximum atomic E-state index is 13.6. The Bertz CT molecular complexity index is 2170. The van der Waals surface area contributed by atoms with Crippen LogP contribution in [-0.2, 0) is 12.1 Å². The van der Waals surface area contributed by atoms with Crippen molar-refractivity contribution in [2.24, 2.45) is 0 Å². The van der Waals surface area contributed by atoms with E-state index >= 15 is 0 Å². The number of benzene rings is 2. The van der Waals surface area contributed by atoms with Gasteiger partial charge in [-0.15, -0.1) is 26.3 Å². The molecule has 0 aliphatic rings. The normalized spacial score (nSPS) is 12.2. The zero-order valence-corrected chi connectivity index (χ0v) is 27.6. The number of aryl methyl sites for hydroxylation is 2. The highest BCUT2D eigenvalue weighted by Gasteiger charge is 2.36. The molecule has 4 heterocycles. The summed E-state index contributed by atoms with van der Waals surface area (Å²) in [6, 6.07) is 10.4. The number of aromatic nitrogens is 6. The molecule has 0 spiro atoms. The largest absolute Gasteiger partial charge is 0.573 e. The van der Waals surface area contributed by atoms with Crippen molar-refractivity contribution in [2.75, 3.05) is 0 Å². The van der Waals surface area contributed by atoms with E-state index in [-0.39, 0.29) is 28.2 Å². The third-order valence-electron chi connectivity index (χ3n) is 6.92. The Kier molecular flexibility index (Phi) is 11.1. The molecule has 0 saturated heterocycles. The average molecular weight is 749 g/mol. The SMILES string of the molecule is CC.Cc1cc(-c2ccn3ncc(C(F)(F)F)c3n2)ccc1OC(F)(F)F.Cc1cc(OC(F)(F)F)ccc1-c1ccn2ncc(C(C)(F)F)c2n1. The summed E-state index contributed by atoms with van der Waals surface area (Å²) < 4.78 is 150. The van der Waals surface area contributed by atoms with Crippen molar-refractivity contribution < 1.29 is 57.8 Å². The van der Waals surface area contributed by atoms with Gasteiger partial charge in [0.05, 0.1) is 29.3 Å². The lowest BCUT2D eigenvalue weighted by Crippen LogP contribution is -2.17. The molecule has 6 aromatic rings. The summed E-state index contributed by atoms with van der Waals surface area (Å²) in [6.45, 7) is 7.71. The Hall–Kier alpha value is -5.49. The first kappa shape index (κ1) is 39.3. The van der Waals surface area contributed by atoms with E-state index in [2.05, 4.69) is 29.6 Å². The van der Waals surface area contributed by atoms with Crippen LogP contribution in [-0.4, -0.2) is 41.9 Å². The molecular weight excluding hydrogens is 721 g/mol. The van der Waals surface area contributed by atoms with Gasteiger partial charge in [-0.25, -0.2) is 27.8 Å². The molecule has 52 heavy (non-hydrogen) atoms. The van der Waals surface area contributed by atoms with Gasteiger partial charge in [0.1, 0.15) is 17.1 Å². The molecule has 6 rings (SSSR count). The van der Waals surface area contributed by atoms with Crippen LogP contribution in [0.3, 0.4) is 0 Å². The van der Waals surface area contributed by atoms with E-state index in [1.165, 1.54) is 54.2 Å². The van der Waals surface area contributed by atoms with E-state index in [0.717, 1.165) is 29.8 Å². The van der Waals surface area contributed by atoms with Crippen LogP contribution < -0.4 is 9.47 Å². The highest BCUT2D eigenvalue weighted by molar-refractivity contribution is 5.67. The van der Waals surface area contributed by atoms with Crippen LogP contribution in [0.2, 0.25) is 0 Å². The first-order valence-corrected chi connectivity index (χ1v) is 15.0. The molecule has 278 valence electrons. The number of halogens is 11. The smallest absolute Gasteiger partial charge is 0.406 e. The Balaban J connectivity index is 0.000000222. The van der Waals surface area contributed by atoms with Gasteiger partial charge < -0.3 is 9.47 Å². The molecule has 2 aromatic carbocycles. The summed E-state index contributed by atoms with van der Waals surface area (Å²) in [4.78, 5) is 8.13. The predicted octanol–water partition coefficient (Wildman–Crippen LogP) is 10.4. The topological polar surface area (TPSA) is 78.8 Å². The maximum absolute atomic E-state index is 13.6. The third kappa shape index (κ3) is 9.43. The molecule has 0 aliphatic carbocycles. The standard InChI is InChI=1S/C16H12F5N3O.C15H9F6N3O.C2H6/c1-9-7-10(25-16(19,20)21)3-4-11(9)13-5-6-24-14(23-13)12(8-22-24)15(2,17)18;1-8-6-9(2-3-12(8)25-15(19,20)21)11-4-5-24-13(23-11)10(7-22-24)14(16,17)18;1-2/h3-8H,1-2H3;2-7H,1H3;1-2H3. The molecule has 4 aromatic heterocycles. The van der Waals surface area contributed by atoms with Gasteiger partial charge >= 0.3 is 18.9 Å². The van der Waals surface area contributed by atoms with Crippen LogP contribution in [0.5, 0.6) is 11.5 Å². The van der Waals surface area contributed by atoms with Crippen molar-refractivity contribution in [3.63, 3.8) is 0 Å². The summed E-state index contributed by atoms with van der Waals surface area (Å²) in [6.07, 6.45) is -9.77. The predicted molar refractivity (Wildman–Crippen MR) is 166 cm³/mol. The minimum absolute atomic E-state index is 0.0139. The van der Waals surface area contributed by atoms with Gasteiger partial charge in [0.15, 0.2) is 11.3 Å². The van der Waals surface area contributed by atoms with Crippen molar-refractivity contribution in [1.29, 1.82) is 0 Å². The third-order valence-corrected chi connectivity index (χ3v) is 6.92. The molecule has 0 bridgehead atoms. The number of alkyl halides is 11. The fourth-order valence-corrected chi connectivity index (χ4v) is 4.73. The van der Waals surface area contributed by atoms with Crippen LogP contribution in [0.1, 0.15) is 43.0 Å². The van der Waals surface area contributed by atoms with Gasteiger partial charge in [-0.2, -0.15) is 23.4 Å². The van der Waals surface area contributed by atoms with Gasteiger partial charge in [0.25, 0.3) is 5.92 Å². The van der Waals surface area contributed by atoms with E-state index in [9.17, 15) is 48.3 Å². The summed E-state index contributed by atoms with van der Waals surface area (Å²) in [5.41, 5.74) is 0.261.